The Hall–Kier alpha value is -1.16. The van der Waals surface area contributed by atoms with E-state index in [0.717, 1.165) is 21.6 Å². The maximum absolute atomic E-state index is 9.35. The number of aliphatic hydroxyl groups excluding tert-OH is 1. The fraction of sp³-hybridized carbons (Fsp3) is 0.333. The summed E-state index contributed by atoms with van der Waals surface area (Å²) in [6.07, 6.45) is 0. The van der Waals surface area contributed by atoms with Crippen molar-refractivity contribution in [1.29, 1.82) is 0 Å². The van der Waals surface area contributed by atoms with Crippen LogP contribution < -0.4 is 5.73 Å². The van der Waals surface area contributed by atoms with Crippen LogP contribution in [0.3, 0.4) is 0 Å². The highest BCUT2D eigenvalue weighted by Crippen LogP contribution is 2.33. The molecular formula is C15H19NOS. The first-order chi connectivity index (χ1) is 8.67. The van der Waals surface area contributed by atoms with Gasteiger partial charge >= 0.3 is 0 Å². The number of nitrogens with two attached hydrogens (primary N) is 1. The SMILES string of the molecule is CC(C)c1ccc(-c2sccc2CO)c(CN)c1. The molecule has 0 amide bonds. The van der Waals surface area contributed by atoms with E-state index >= 15 is 0 Å². The van der Waals surface area contributed by atoms with E-state index in [1.165, 1.54) is 5.56 Å². The van der Waals surface area contributed by atoms with Gasteiger partial charge in [-0.3, -0.25) is 0 Å². The first-order valence-corrected chi connectivity index (χ1v) is 7.05. The van der Waals surface area contributed by atoms with Crippen molar-refractivity contribution in [3.05, 3.63) is 46.3 Å². The Kier molecular flexibility index (Phi) is 4.17. The average Bonchev–Trinajstić information content (AvgIpc) is 2.85. The van der Waals surface area contributed by atoms with Crippen molar-refractivity contribution in [2.24, 2.45) is 5.73 Å². The molecule has 0 saturated heterocycles. The lowest BCUT2D eigenvalue weighted by molar-refractivity contribution is 0.283. The molecule has 1 heterocycles. The normalized spacial score (nSPS) is 11.2. The fourth-order valence-electron chi connectivity index (χ4n) is 2.06. The molecule has 0 aliphatic heterocycles. The van der Waals surface area contributed by atoms with Gasteiger partial charge in [-0.25, -0.2) is 0 Å². The van der Waals surface area contributed by atoms with E-state index < -0.39 is 0 Å². The van der Waals surface area contributed by atoms with Crippen LogP contribution in [0, 0.1) is 0 Å². The number of rotatable bonds is 4. The lowest BCUT2D eigenvalue weighted by atomic mass is 9.95. The Morgan fingerprint density at radius 1 is 1.22 bits per heavy atom. The van der Waals surface area contributed by atoms with Crippen LogP contribution >= 0.6 is 11.3 Å². The van der Waals surface area contributed by atoms with Gasteiger partial charge in [-0.15, -0.1) is 11.3 Å². The summed E-state index contributed by atoms with van der Waals surface area (Å²) in [6, 6.07) is 8.43. The Morgan fingerprint density at radius 3 is 2.61 bits per heavy atom. The third-order valence-corrected chi connectivity index (χ3v) is 4.17. The summed E-state index contributed by atoms with van der Waals surface area (Å²) in [5.41, 5.74) is 10.4. The van der Waals surface area contributed by atoms with Crippen molar-refractivity contribution in [3.63, 3.8) is 0 Å². The molecule has 0 spiro atoms. The molecule has 18 heavy (non-hydrogen) atoms. The second kappa shape index (κ2) is 5.65. The van der Waals surface area contributed by atoms with Gasteiger partial charge in [-0.05, 0) is 39.6 Å². The molecule has 96 valence electrons. The van der Waals surface area contributed by atoms with Gasteiger partial charge in [0, 0.05) is 11.4 Å². The molecule has 0 unspecified atom stereocenters. The predicted octanol–water partition coefficient (Wildman–Crippen LogP) is 3.49. The molecule has 1 aromatic heterocycles. The summed E-state index contributed by atoms with van der Waals surface area (Å²) in [5.74, 6) is 0.505. The minimum absolute atomic E-state index is 0.0782. The lowest BCUT2D eigenvalue weighted by Gasteiger charge is -2.12. The van der Waals surface area contributed by atoms with Crippen LogP contribution in [-0.4, -0.2) is 5.11 Å². The molecule has 1 aromatic carbocycles. The zero-order chi connectivity index (χ0) is 13.1. The summed E-state index contributed by atoms with van der Waals surface area (Å²) >= 11 is 1.66. The van der Waals surface area contributed by atoms with E-state index in [9.17, 15) is 5.11 Å². The van der Waals surface area contributed by atoms with Gasteiger partial charge in [0.2, 0.25) is 0 Å². The minimum Gasteiger partial charge on any atom is -0.392 e. The van der Waals surface area contributed by atoms with Crippen molar-refractivity contribution in [2.45, 2.75) is 32.9 Å². The van der Waals surface area contributed by atoms with Crippen LogP contribution in [-0.2, 0) is 13.2 Å². The number of thiophene rings is 1. The largest absolute Gasteiger partial charge is 0.392 e. The van der Waals surface area contributed by atoms with E-state index in [4.69, 9.17) is 5.73 Å². The van der Waals surface area contributed by atoms with Gasteiger partial charge in [0.25, 0.3) is 0 Å². The second-order valence-corrected chi connectivity index (χ2v) is 5.62. The molecule has 3 N–H and O–H groups in total. The van der Waals surface area contributed by atoms with E-state index in [1.54, 1.807) is 11.3 Å². The molecule has 0 atom stereocenters. The Labute approximate surface area is 112 Å². The molecule has 0 aliphatic rings. The number of hydrogen-bond acceptors (Lipinski definition) is 3. The lowest BCUT2D eigenvalue weighted by Crippen LogP contribution is -2.01. The zero-order valence-corrected chi connectivity index (χ0v) is 11.6. The van der Waals surface area contributed by atoms with Gasteiger partial charge < -0.3 is 10.8 Å². The standard InChI is InChI=1S/C15H19NOS/c1-10(2)11-3-4-14(13(7-11)8-16)15-12(9-17)5-6-18-15/h3-7,10,17H,8-9,16H2,1-2H3. The predicted molar refractivity (Wildman–Crippen MR) is 77.7 cm³/mol. The molecule has 0 bridgehead atoms. The fourth-order valence-corrected chi connectivity index (χ4v) is 3.04. The second-order valence-electron chi connectivity index (χ2n) is 4.71. The van der Waals surface area contributed by atoms with Crippen molar-refractivity contribution < 1.29 is 5.11 Å². The highest BCUT2D eigenvalue weighted by atomic mass is 32.1. The molecule has 0 radical (unpaired) electrons. The van der Waals surface area contributed by atoms with Gasteiger partial charge in [0.05, 0.1) is 6.61 Å². The third-order valence-electron chi connectivity index (χ3n) is 3.18. The van der Waals surface area contributed by atoms with Gasteiger partial charge in [-0.2, -0.15) is 0 Å². The summed E-state index contributed by atoms with van der Waals surface area (Å²) < 4.78 is 0. The minimum atomic E-state index is 0.0782. The molecule has 2 rings (SSSR count). The van der Waals surface area contributed by atoms with E-state index in [2.05, 4.69) is 32.0 Å². The summed E-state index contributed by atoms with van der Waals surface area (Å²) in [5, 5.41) is 11.4. The molecule has 2 nitrogen and oxygen atoms in total. The van der Waals surface area contributed by atoms with Gasteiger partial charge in [-0.1, -0.05) is 32.0 Å². The molecule has 0 saturated carbocycles. The van der Waals surface area contributed by atoms with Crippen molar-refractivity contribution in [2.75, 3.05) is 0 Å². The van der Waals surface area contributed by atoms with Crippen LogP contribution in [0.25, 0.3) is 10.4 Å². The average molecular weight is 261 g/mol. The molecular weight excluding hydrogens is 242 g/mol. The maximum Gasteiger partial charge on any atom is 0.0696 e. The highest BCUT2D eigenvalue weighted by molar-refractivity contribution is 7.13. The summed E-state index contributed by atoms with van der Waals surface area (Å²) in [6.45, 7) is 4.96. The zero-order valence-electron chi connectivity index (χ0n) is 10.8. The third kappa shape index (κ3) is 2.48. The van der Waals surface area contributed by atoms with Crippen molar-refractivity contribution >= 4 is 11.3 Å². The van der Waals surface area contributed by atoms with Gasteiger partial charge in [0.15, 0.2) is 0 Å². The van der Waals surface area contributed by atoms with Crippen LogP contribution in [0.5, 0.6) is 0 Å². The first kappa shape index (κ1) is 13.3. The number of benzene rings is 1. The van der Waals surface area contributed by atoms with Gasteiger partial charge in [0.1, 0.15) is 0 Å². The number of hydrogen-bond donors (Lipinski definition) is 2. The van der Waals surface area contributed by atoms with Crippen LogP contribution in [0.1, 0.15) is 36.5 Å². The topological polar surface area (TPSA) is 46.2 Å². The Bertz CT molecular complexity index is 531. The first-order valence-electron chi connectivity index (χ1n) is 6.17. The van der Waals surface area contributed by atoms with E-state index in [1.807, 2.05) is 11.4 Å². The quantitative estimate of drug-likeness (QED) is 0.885. The van der Waals surface area contributed by atoms with Crippen LogP contribution in [0.2, 0.25) is 0 Å². The molecule has 2 aromatic rings. The Morgan fingerprint density at radius 2 is 2.00 bits per heavy atom. The highest BCUT2D eigenvalue weighted by Gasteiger charge is 2.11. The van der Waals surface area contributed by atoms with E-state index in [0.29, 0.717) is 12.5 Å². The molecule has 0 aliphatic carbocycles. The number of aliphatic hydroxyl groups is 1. The van der Waals surface area contributed by atoms with Crippen molar-refractivity contribution in [3.8, 4) is 10.4 Å². The monoisotopic (exact) mass is 261 g/mol. The molecule has 3 heteroatoms. The van der Waals surface area contributed by atoms with Crippen LogP contribution in [0.4, 0.5) is 0 Å². The smallest absolute Gasteiger partial charge is 0.0696 e. The Balaban J connectivity index is 2.51. The summed E-state index contributed by atoms with van der Waals surface area (Å²) in [4.78, 5) is 1.13. The van der Waals surface area contributed by atoms with Crippen LogP contribution in [0.15, 0.2) is 29.6 Å². The maximum atomic E-state index is 9.35. The van der Waals surface area contributed by atoms with Crippen molar-refractivity contribution in [1.82, 2.24) is 0 Å². The summed E-state index contributed by atoms with van der Waals surface area (Å²) in [7, 11) is 0. The molecule has 0 fully saturated rings. The van der Waals surface area contributed by atoms with E-state index in [-0.39, 0.29) is 6.61 Å².